The average molecular weight is 330 g/mol. The number of carbonyl (C=O) groups excluding carboxylic acids is 1. The van der Waals surface area contributed by atoms with Gasteiger partial charge in [0, 0.05) is 23.6 Å². The van der Waals surface area contributed by atoms with Gasteiger partial charge in [-0.25, -0.2) is 4.98 Å². The molecule has 5 heteroatoms. The average Bonchev–Trinajstić information content (AvgIpc) is 3.16. The Bertz CT molecular complexity index is 673. The fraction of sp³-hybridized carbons (Fsp3) is 0.444. The van der Waals surface area contributed by atoms with Gasteiger partial charge >= 0.3 is 0 Å². The summed E-state index contributed by atoms with van der Waals surface area (Å²) in [5.74, 6) is 0.0394. The van der Waals surface area contributed by atoms with Crippen LogP contribution in [0.1, 0.15) is 28.3 Å². The van der Waals surface area contributed by atoms with Crippen LogP contribution in [0.25, 0.3) is 11.3 Å². The van der Waals surface area contributed by atoms with E-state index in [9.17, 15) is 4.79 Å². The Hall–Kier alpha value is -1.72. The number of nitrogens with zero attached hydrogens (tertiary/aromatic N) is 1. The molecular weight excluding hydrogens is 308 g/mol. The van der Waals surface area contributed by atoms with Crippen LogP contribution in [0, 0.1) is 13.8 Å². The first-order valence-corrected chi connectivity index (χ1v) is 8.85. The zero-order chi connectivity index (χ0) is 16.2. The van der Waals surface area contributed by atoms with Gasteiger partial charge in [0.05, 0.1) is 23.2 Å². The van der Waals surface area contributed by atoms with E-state index < -0.39 is 0 Å². The van der Waals surface area contributed by atoms with Gasteiger partial charge < -0.3 is 10.1 Å². The monoisotopic (exact) mass is 330 g/mol. The summed E-state index contributed by atoms with van der Waals surface area (Å²) in [5.41, 5.74) is 3.22. The second kappa shape index (κ2) is 7.23. The summed E-state index contributed by atoms with van der Waals surface area (Å²) in [6, 6.07) is 8.28. The molecule has 0 spiro atoms. The number of aromatic nitrogens is 1. The molecule has 1 aliphatic rings. The highest BCUT2D eigenvalue weighted by molar-refractivity contribution is 7.12. The number of amides is 1. The third kappa shape index (κ3) is 4.18. The zero-order valence-electron chi connectivity index (χ0n) is 13.6. The SMILES string of the molecule is Cc1ccc(-c2nc(C)sc2CC(=O)NCC2CCCO2)cc1. The lowest BCUT2D eigenvalue weighted by molar-refractivity contribution is -0.120. The second-order valence-electron chi connectivity index (χ2n) is 5.99. The number of carbonyl (C=O) groups is 1. The summed E-state index contributed by atoms with van der Waals surface area (Å²) in [6.07, 6.45) is 2.68. The quantitative estimate of drug-likeness (QED) is 0.915. The van der Waals surface area contributed by atoms with Crippen molar-refractivity contribution in [3.05, 3.63) is 39.7 Å². The van der Waals surface area contributed by atoms with Crippen LogP contribution in [0.3, 0.4) is 0 Å². The van der Waals surface area contributed by atoms with Crippen LogP contribution in [0.2, 0.25) is 0 Å². The first-order chi connectivity index (χ1) is 11.1. The minimum atomic E-state index is 0.0394. The van der Waals surface area contributed by atoms with Crippen LogP contribution >= 0.6 is 11.3 Å². The molecule has 1 fully saturated rings. The molecule has 0 saturated carbocycles. The van der Waals surface area contributed by atoms with Crippen molar-refractivity contribution in [2.75, 3.05) is 13.2 Å². The van der Waals surface area contributed by atoms with E-state index in [-0.39, 0.29) is 12.0 Å². The number of ether oxygens (including phenoxy) is 1. The van der Waals surface area contributed by atoms with E-state index in [4.69, 9.17) is 4.74 Å². The van der Waals surface area contributed by atoms with Gasteiger partial charge in [-0.2, -0.15) is 0 Å². The maximum absolute atomic E-state index is 12.2. The predicted molar refractivity (Wildman–Crippen MR) is 92.7 cm³/mol. The fourth-order valence-corrected chi connectivity index (χ4v) is 3.72. The summed E-state index contributed by atoms with van der Waals surface area (Å²) >= 11 is 1.60. The summed E-state index contributed by atoms with van der Waals surface area (Å²) in [5, 5.41) is 3.97. The van der Waals surface area contributed by atoms with Gasteiger partial charge in [-0.1, -0.05) is 29.8 Å². The van der Waals surface area contributed by atoms with E-state index >= 15 is 0 Å². The predicted octanol–water partition coefficient (Wildman–Crippen LogP) is 3.26. The highest BCUT2D eigenvalue weighted by atomic mass is 32.1. The normalized spacial score (nSPS) is 17.4. The van der Waals surface area contributed by atoms with E-state index in [1.807, 2.05) is 6.92 Å². The van der Waals surface area contributed by atoms with Crippen LogP contribution in [0.15, 0.2) is 24.3 Å². The first-order valence-electron chi connectivity index (χ1n) is 8.03. The first kappa shape index (κ1) is 16.1. The molecule has 2 heterocycles. The van der Waals surface area contributed by atoms with E-state index in [0.29, 0.717) is 13.0 Å². The standard InChI is InChI=1S/C18H22N2O2S/c1-12-5-7-14(8-6-12)18-16(23-13(2)20-18)10-17(21)19-11-15-4-3-9-22-15/h5-8,15H,3-4,9-11H2,1-2H3,(H,19,21). The number of aryl methyl sites for hydroxylation is 2. The molecule has 1 aliphatic heterocycles. The molecule has 0 bridgehead atoms. The number of rotatable bonds is 5. The van der Waals surface area contributed by atoms with Crippen molar-refractivity contribution >= 4 is 17.2 Å². The van der Waals surface area contributed by atoms with E-state index in [1.54, 1.807) is 11.3 Å². The summed E-state index contributed by atoms with van der Waals surface area (Å²) in [4.78, 5) is 17.9. The van der Waals surface area contributed by atoms with Crippen LogP contribution < -0.4 is 5.32 Å². The van der Waals surface area contributed by atoms with Crippen LogP contribution in [-0.4, -0.2) is 30.1 Å². The largest absolute Gasteiger partial charge is 0.376 e. The number of benzene rings is 1. The van der Waals surface area contributed by atoms with Gasteiger partial charge in [0.1, 0.15) is 0 Å². The van der Waals surface area contributed by atoms with Crippen LogP contribution in [0.5, 0.6) is 0 Å². The molecule has 1 saturated heterocycles. The van der Waals surface area contributed by atoms with Crippen molar-refractivity contribution < 1.29 is 9.53 Å². The molecule has 2 aromatic rings. The molecule has 0 radical (unpaired) electrons. The number of nitrogens with one attached hydrogen (secondary N) is 1. The van der Waals surface area contributed by atoms with Crippen molar-refractivity contribution in [1.82, 2.24) is 10.3 Å². The lowest BCUT2D eigenvalue weighted by Crippen LogP contribution is -2.32. The van der Waals surface area contributed by atoms with Crippen molar-refractivity contribution in [1.29, 1.82) is 0 Å². The van der Waals surface area contributed by atoms with Crippen LogP contribution in [-0.2, 0) is 16.0 Å². The van der Waals surface area contributed by atoms with Gasteiger partial charge in [-0.3, -0.25) is 4.79 Å². The minimum Gasteiger partial charge on any atom is -0.376 e. The highest BCUT2D eigenvalue weighted by Gasteiger charge is 2.18. The topological polar surface area (TPSA) is 51.2 Å². The maximum Gasteiger partial charge on any atom is 0.225 e. The number of hydrogen-bond donors (Lipinski definition) is 1. The Morgan fingerprint density at radius 2 is 2.13 bits per heavy atom. The molecule has 23 heavy (non-hydrogen) atoms. The van der Waals surface area contributed by atoms with Crippen LogP contribution in [0.4, 0.5) is 0 Å². The van der Waals surface area contributed by atoms with Gasteiger partial charge in [-0.05, 0) is 26.7 Å². The fourth-order valence-electron chi connectivity index (χ4n) is 2.77. The van der Waals surface area contributed by atoms with E-state index in [2.05, 4.69) is 41.5 Å². The second-order valence-corrected chi connectivity index (χ2v) is 7.27. The summed E-state index contributed by atoms with van der Waals surface area (Å²) in [7, 11) is 0. The molecule has 1 aromatic heterocycles. The van der Waals surface area contributed by atoms with E-state index in [1.165, 1.54) is 5.56 Å². The summed E-state index contributed by atoms with van der Waals surface area (Å²) < 4.78 is 5.54. The smallest absolute Gasteiger partial charge is 0.225 e. The Morgan fingerprint density at radius 3 is 2.83 bits per heavy atom. The molecule has 3 rings (SSSR count). The molecule has 1 N–H and O–H groups in total. The molecule has 1 unspecified atom stereocenters. The van der Waals surface area contributed by atoms with E-state index in [0.717, 1.165) is 40.6 Å². The van der Waals surface area contributed by atoms with Crippen molar-refractivity contribution in [3.8, 4) is 11.3 Å². The third-order valence-corrected chi connectivity index (χ3v) is 4.97. The lowest BCUT2D eigenvalue weighted by atomic mass is 10.1. The molecule has 1 atom stereocenters. The van der Waals surface area contributed by atoms with Gasteiger partial charge in [0.15, 0.2) is 0 Å². The minimum absolute atomic E-state index is 0.0394. The Morgan fingerprint density at radius 1 is 1.35 bits per heavy atom. The van der Waals surface area contributed by atoms with Crippen molar-refractivity contribution in [2.45, 2.75) is 39.2 Å². The van der Waals surface area contributed by atoms with Crippen molar-refractivity contribution in [3.63, 3.8) is 0 Å². The molecule has 1 amide bonds. The van der Waals surface area contributed by atoms with Gasteiger partial charge in [-0.15, -0.1) is 11.3 Å². The Kier molecular flexibility index (Phi) is 5.08. The molecule has 4 nitrogen and oxygen atoms in total. The lowest BCUT2D eigenvalue weighted by Gasteiger charge is -2.10. The number of hydrogen-bond acceptors (Lipinski definition) is 4. The Balaban J connectivity index is 1.67. The zero-order valence-corrected chi connectivity index (χ0v) is 14.4. The Labute approximate surface area is 140 Å². The number of thiazole rings is 1. The summed E-state index contributed by atoms with van der Waals surface area (Å²) in [6.45, 7) is 5.47. The van der Waals surface area contributed by atoms with Gasteiger partial charge in [0.2, 0.25) is 5.91 Å². The highest BCUT2D eigenvalue weighted by Crippen LogP contribution is 2.28. The maximum atomic E-state index is 12.2. The molecule has 1 aromatic carbocycles. The third-order valence-electron chi connectivity index (χ3n) is 4.00. The molecule has 0 aliphatic carbocycles. The molecule has 122 valence electrons. The van der Waals surface area contributed by atoms with Crippen molar-refractivity contribution in [2.24, 2.45) is 0 Å². The molecular formula is C18H22N2O2S. The van der Waals surface area contributed by atoms with Gasteiger partial charge in [0.25, 0.3) is 0 Å².